The number of sulfonamides is 1. The number of carbonyl (C=O) groups excluding carboxylic acids is 1. The van der Waals surface area contributed by atoms with Gasteiger partial charge in [-0.2, -0.15) is 0 Å². The lowest BCUT2D eigenvalue weighted by molar-refractivity contribution is 0.0947. The highest BCUT2D eigenvalue weighted by Crippen LogP contribution is 2.24. The molecule has 0 spiro atoms. The number of rotatable bonds is 9. The summed E-state index contributed by atoms with van der Waals surface area (Å²) in [5.41, 5.74) is 3.95. The highest BCUT2D eigenvalue weighted by molar-refractivity contribution is 7.92. The average molecular weight is 487 g/mol. The zero-order valence-electron chi connectivity index (χ0n) is 18.8. The second-order valence-electron chi connectivity index (χ2n) is 7.75. The van der Waals surface area contributed by atoms with Crippen LogP contribution in [0, 0.1) is 13.8 Å². The van der Waals surface area contributed by atoms with Crippen LogP contribution >= 0.6 is 11.6 Å². The van der Waals surface area contributed by atoms with E-state index in [1.54, 1.807) is 48.5 Å². The first-order valence-corrected chi connectivity index (χ1v) is 12.7. The van der Waals surface area contributed by atoms with E-state index in [0.29, 0.717) is 29.4 Å². The Balaban J connectivity index is 1.58. The number of hydrogen-bond donors (Lipinski definition) is 1. The van der Waals surface area contributed by atoms with E-state index in [2.05, 4.69) is 5.32 Å². The Morgan fingerprint density at radius 1 is 1.03 bits per heavy atom. The van der Waals surface area contributed by atoms with Gasteiger partial charge in [0.2, 0.25) is 10.0 Å². The lowest BCUT2D eigenvalue weighted by atomic mass is 10.1. The Kier molecular flexibility index (Phi) is 8.00. The van der Waals surface area contributed by atoms with Crippen LogP contribution in [-0.2, 0) is 16.6 Å². The molecule has 0 bridgehead atoms. The van der Waals surface area contributed by atoms with Crippen LogP contribution in [0.2, 0.25) is 5.02 Å². The van der Waals surface area contributed by atoms with E-state index in [0.717, 1.165) is 28.7 Å². The first-order chi connectivity index (χ1) is 15.6. The molecule has 8 heteroatoms. The molecule has 0 saturated heterocycles. The van der Waals surface area contributed by atoms with Crippen molar-refractivity contribution in [3.05, 3.63) is 94.0 Å². The monoisotopic (exact) mass is 486 g/mol. The first-order valence-electron chi connectivity index (χ1n) is 10.4. The molecule has 1 N–H and O–H groups in total. The molecule has 1 amide bonds. The van der Waals surface area contributed by atoms with Gasteiger partial charge in [-0.15, -0.1) is 0 Å². The smallest absolute Gasteiger partial charge is 0.251 e. The Hall–Kier alpha value is -3.03. The van der Waals surface area contributed by atoms with Crippen molar-refractivity contribution in [3.63, 3.8) is 0 Å². The summed E-state index contributed by atoms with van der Waals surface area (Å²) in [6, 6.07) is 19.4. The van der Waals surface area contributed by atoms with Gasteiger partial charge in [-0.1, -0.05) is 41.9 Å². The minimum absolute atomic E-state index is 0.130. The van der Waals surface area contributed by atoms with E-state index in [4.69, 9.17) is 16.3 Å². The van der Waals surface area contributed by atoms with Crippen LogP contribution in [0.4, 0.5) is 5.69 Å². The molecule has 0 unspecified atom stereocenters. The second kappa shape index (κ2) is 10.7. The van der Waals surface area contributed by atoms with Gasteiger partial charge in [0.1, 0.15) is 12.4 Å². The SMILES string of the molecule is Cc1cccc(OCCNC(=O)c2ccc(CN(c3cccc(Cl)c3)S(C)(=O)=O)cc2)c1C. The van der Waals surface area contributed by atoms with Crippen LogP contribution < -0.4 is 14.4 Å². The Morgan fingerprint density at radius 2 is 1.73 bits per heavy atom. The number of benzene rings is 3. The Morgan fingerprint density at radius 3 is 2.39 bits per heavy atom. The lowest BCUT2D eigenvalue weighted by Crippen LogP contribution is -2.29. The summed E-state index contributed by atoms with van der Waals surface area (Å²) in [4.78, 5) is 12.4. The van der Waals surface area contributed by atoms with Crippen molar-refractivity contribution in [1.29, 1.82) is 0 Å². The van der Waals surface area contributed by atoms with Gasteiger partial charge in [0.15, 0.2) is 0 Å². The quantitative estimate of drug-likeness (QED) is 0.443. The van der Waals surface area contributed by atoms with Gasteiger partial charge in [0.25, 0.3) is 5.91 Å². The van der Waals surface area contributed by atoms with Crippen LogP contribution in [0.1, 0.15) is 27.0 Å². The van der Waals surface area contributed by atoms with E-state index in [1.807, 2.05) is 32.0 Å². The van der Waals surface area contributed by atoms with Crippen molar-refractivity contribution in [2.45, 2.75) is 20.4 Å². The summed E-state index contributed by atoms with van der Waals surface area (Å²) in [7, 11) is -3.52. The summed E-state index contributed by atoms with van der Waals surface area (Å²) < 4.78 is 31.7. The van der Waals surface area contributed by atoms with E-state index in [9.17, 15) is 13.2 Å². The molecule has 0 fully saturated rings. The van der Waals surface area contributed by atoms with Crippen LogP contribution in [0.25, 0.3) is 0 Å². The normalized spacial score (nSPS) is 11.2. The molecule has 0 aliphatic carbocycles. The van der Waals surface area contributed by atoms with Crippen molar-refractivity contribution in [1.82, 2.24) is 5.32 Å². The second-order valence-corrected chi connectivity index (χ2v) is 10.1. The van der Waals surface area contributed by atoms with Crippen LogP contribution in [0.3, 0.4) is 0 Å². The molecule has 3 aromatic rings. The zero-order chi connectivity index (χ0) is 24.0. The summed E-state index contributed by atoms with van der Waals surface area (Å²) in [5.74, 6) is 0.588. The molecule has 0 radical (unpaired) electrons. The number of halogens is 1. The molecule has 6 nitrogen and oxygen atoms in total. The number of hydrogen-bond acceptors (Lipinski definition) is 4. The number of amides is 1. The van der Waals surface area contributed by atoms with E-state index in [1.165, 1.54) is 4.31 Å². The molecule has 3 aromatic carbocycles. The van der Waals surface area contributed by atoms with Gasteiger partial charge in [-0.25, -0.2) is 8.42 Å². The highest BCUT2D eigenvalue weighted by atomic mass is 35.5. The molecule has 0 saturated carbocycles. The number of ether oxygens (including phenoxy) is 1. The van der Waals surface area contributed by atoms with Crippen molar-refractivity contribution < 1.29 is 17.9 Å². The third-order valence-electron chi connectivity index (χ3n) is 5.24. The third kappa shape index (κ3) is 6.73. The summed E-state index contributed by atoms with van der Waals surface area (Å²) in [6.45, 7) is 4.88. The molecule has 174 valence electrons. The topological polar surface area (TPSA) is 75.7 Å². The van der Waals surface area contributed by atoms with E-state index >= 15 is 0 Å². The van der Waals surface area contributed by atoms with Gasteiger partial charge < -0.3 is 10.1 Å². The lowest BCUT2D eigenvalue weighted by Gasteiger charge is -2.22. The van der Waals surface area contributed by atoms with E-state index in [-0.39, 0.29) is 12.5 Å². The number of nitrogens with one attached hydrogen (secondary N) is 1. The zero-order valence-corrected chi connectivity index (χ0v) is 20.4. The maximum absolute atomic E-state index is 12.4. The first kappa shape index (κ1) is 24.6. The fourth-order valence-corrected chi connectivity index (χ4v) is 4.33. The van der Waals surface area contributed by atoms with Gasteiger partial charge in [-0.3, -0.25) is 9.10 Å². The van der Waals surface area contributed by atoms with E-state index < -0.39 is 10.0 Å². The van der Waals surface area contributed by atoms with Gasteiger partial charge in [0.05, 0.1) is 25.0 Å². The molecule has 3 rings (SSSR count). The molecule has 0 aliphatic heterocycles. The predicted octanol–water partition coefficient (Wildman–Crippen LogP) is 4.73. The molecular weight excluding hydrogens is 460 g/mol. The summed E-state index contributed by atoms with van der Waals surface area (Å²) >= 11 is 6.02. The molecular formula is C25H27ClN2O4S. The number of nitrogens with zero attached hydrogens (tertiary/aromatic N) is 1. The van der Waals surface area contributed by atoms with Crippen LogP contribution in [0.15, 0.2) is 66.7 Å². The van der Waals surface area contributed by atoms with Crippen molar-refractivity contribution in [3.8, 4) is 5.75 Å². The fourth-order valence-electron chi connectivity index (χ4n) is 3.27. The summed E-state index contributed by atoms with van der Waals surface area (Å²) in [5, 5.41) is 3.29. The van der Waals surface area contributed by atoms with Crippen molar-refractivity contribution >= 4 is 33.2 Å². The molecule has 0 aliphatic rings. The highest BCUT2D eigenvalue weighted by Gasteiger charge is 2.18. The van der Waals surface area contributed by atoms with Crippen LogP contribution in [0.5, 0.6) is 5.75 Å². The largest absolute Gasteiger partial charge is 0.491 e. The molecule has 0 atom stereocenters. The Labute approximate surface area is 200 Å². The fraction of sp³-hybridized carbons (Fsp3) is 0.240. The number of carbonyl (C=O) groups is 1. The molecule has 33 heavy (non-hydrogen) atoms. The Bertz CT molecular complexity index is 1230. The minimum Gasteiger partial charge on any atom is -0.491 e. The van der Waals surface area contributed by atoms with Crippen molar-refractivity contribution in [2.75, 3.05) is 23.7 Å². The molecule has 0 heterocycles. The maximum atomic E-state index is 12.4. The van der Waals surface area contributed by atoms with Gasteiger partial charge >= 0.3 is 0 Å². The third-order valence-corrected chi connectivity index (χ3v) is 6.61. The average Bonchev–Trinajstić information content (AvgIpc) is 2.77. The maximum Gasteiger partial charge on any atom is 0.251 e. The van der Waals surface area contributed by atoms with Gasteiger partial charge in [0, 0.05) is 10.6 Å². The molecule has 0 aromatic heterocycles. The summed E-state index contributed by atoms with van der Waals surface area (Å²) in [6.07, 6.45) is 1.15. The van der Waals surface area contributed by atoms with Crippen molar-refractivity contribution in [2.24, 2.45) is 0 Å². The number of aryl methyl sites for hydroxylation is 1. The predicted molar refractivity (Wildman–Crippen MR) is 133 cm³/mol. The van der Waals surface area contributed by atoms with Gasteiger partial charge in [-0.05, 0) is 66.9 Å². The minimum atomic E-state index is -3.52. The number of anilines is 1. The van der Waals surface area contributed by atoms with Crippen LogP contribution in [-0.4, -0.2) is 33.7 Å². The standard InChI is InChI=1S/C25H27ClN2O4S/c1-18-6-4-9-24(19(18)2)32-15-14-27-25(29)21-12-10-20(11-13-21)17-28(33(3,30)31)23-8-5-7-22(26)16-23/h4-13,16H,14-15,17H2,1-3H3,(H,27,29).